The van der Waals surface area contributed by atoms with Crippen molar-refractivity contribution in [2.24, 2.45) is 0 Å². The predicted octanol–water partition coefficient (Wildman–Crippen LogP) is 14.1. The van der Waals surface area contributed by atoms with E-state index in [1.165, 1.54) is 95.8 Å². The number of fused-ring (bicyclic) bond motifs is 7. The topological polar surface area (TPSA) is 26.3 Å². The molecule has 0 aliphatic carbocycles. The molecule has 0 spiro atoms. The van der Waals surface area contributed by atoms with Gasteiger partial charge in [0.25, 0.3) is 0 Å². The van der Waals surface area contributed by atoms with Crippen molar-refractivity contribution >= 4 is 76.9 Å². The summed E-state index contributed by atoms with van der Waals surface area (Å²) in [5.41, 5.74) is 12.3. The van der Waals surface area contributed by atoms with Gasteiger partial charge in [0.05, 0.1) is 0 Å². The summed E-state index contributed by atoms with van der Waals surface area (Å²) in [4.78, 5) is 0. The molecule has 0 N–H and O–H groups in total. The average Bonchev–Trinajstić information content (AvgIpc) is 3.94. The van der Waals surface area contributed by atoms with Gasteiger partial charge in [-0.25, -0.2) is 0 Å². The summed E-state index contributed by atoms with van der Waals surface area (Å²) in [5, 5.41) is 12.7. The Kier molecular flexibility index (Phi) is 6.73. The number of aryl methyl sites for hydroxylation is 2. The number of hydrogen-bond acceptors (Lipinski definition) is 2. The normalized spacial score (nSPS) is 12.0. The Morgan fingerprint density at radius 3 is 1.11 bits per heavy atom. The van der Waals surface area contributed by atoms with Gasteiger partial charge in [-0.15, -0.1) is 0 Å². The first kappa shape index (κ1) is 30.5. The van der Waals surface area contributed by atoms with Crippen LogP contribution in [0.1, 0.15) is 11.1 Å². The maximum atomic E-state index is 5.74. The zero-order valence-electron chi connectivity index (χ0n) is 29.2. The molecule has 0 bridgehead atoms. The van der Waals surface area contributed by atoms with Crippen LogP contribution in [0.5, 0.6) is 0 Å². The van der Waals surface area contributed by atoms with Gasteiger partial charge in [0.15, 0.2) is 0 Å². The van der Waals surface area contributed by atoms with Crippen molar-refractivity contribution in [3.05, 3.63) is 170 Å². The molecular weight excluding hydrogens is 712 g/mol. The molecule has 11 rings (SSSR count). The van der Waals surface area contributed by atoms with Crippen LogP contribution in [0.2, 0.25) is 0 Å². The number of hydrogen-bond donors (Lipinski definition) is 0. The van der Waals surface area contributed by atoms with Crippen LogP contribution in [0.15, 0.2) is 167 Å². The van der Waals surface area contributed by atoms with E-state index < -0.39 is 0 Å². The van der Waals surface area contributed by atoms with Gasteiger partial charge in [-0.2, -0.15) is 0 Å². The van der Waals surface area contributed by atoms with Gasteiger partial charge >= 0.3 is 314 Å². The molecule has 0 aliphatic rings. The molecule has 0 saturated carbocycles. The van der Waals surface area contributed by atoms with E-state index in [9.17, 15) is 0 Å². The second-order valence-electron chi connectivity index (χ2n) is 14.1. The summed E-state index contributed by atoms with van der Waals surface area (Å²) in [6.07, 6.45) is 7.51. The van der Waals surface area contributed by atoms with Crippen LogP contribution < -0.4 is 0 Å². The third kappa shape index (κ3) is 4.39. The van der Waals surface area contributed by atoms with Crippen LogP contribution in [-0.4, -0.2) is 14.5 Å². The first-order chi connectivity index (χ1) is 26.2. The summed E-state index contributed by atoms with van der Waals surface area (Å²) in [6, 6.07) is 49.6. The van der Waals surface area contributed by atoms with E-state index in [2.05, 4.69) is 147 Å². The molecule has 3 heterocycles. The molecule has 0 atom stereocenters. The molecule has 8 aromatic carbocycles. The molecule has 0 fully saturated rings. The maximum absolute atomic E-state index is 5.74. The summed E-state index contributed by atoms with van der Waals surface area (Å²) in [7, 11) is 0. The summed E-state index contributed by atoms with van der Waals surface area (Å²) in [5.74, 6) is 0. The van der Waals surface area contributed by atoms with Crippen LogP contribution in [0.3, 0.4) is 0 Å². The second kappa shape index (κ2) is 11.7. The van der Waals surface area contributed by atoms with Gasteiger partial charge in [0.2, 0.25) is 0 Å². The second-order valence-corrected chi connectivity index (χ2v) is 16.3. The van der Waals surface area contributed by atoms with Crippen LogP contribution in [0, 0.1) is 13.8 Å². The monoisotopic (exact) mass is 744 g/mol. The Morgan fingerprint density at radius 1 is 0.340 bits per heavy atom. The molecule has 0 radical (unpaired) electrons. The van der Waals surface area contributed by atoms with Gasteiger partial charge < -0.3 is 0 Å². The minimum atomic E-state index is 0.110. The Bertz CT molecular complexity index is 3150. The molecule has 0 aliphatic heterocycles. The van der Waals surface area contributed by atoms with Crippen molar-refractivity contribution in [3.63, 3.8) is 0 Å². The Hall–Kier alpha value is -6.12. The van der Waals surface area contributed by atoms with Gasteiger partial charge in [-0.05, 0) is 0 Å². The summed E-state index contributed by atoms with van der Waals surface area (Å²) < 4.78 is 14.4. The van der Waals surface area contributed by atoms with E-state index in [0.29, 0.717) is 0 Å². The van der Waals surface area contributed by atoms with E-state index >= 15 is 0 Å². The van der Waals surface area contributed by atoms with E-state index in [1.807, 2.05) is 25.1 Å². The molecule has 11 aromatic rings. The van der Waals surface area contributed by atoms with Crippen LogP contribution in [0.25, 0.3) is 107 Å². The fourth-order valence-corrected chi connectivity index (χ4v) is 11.5. The van der Waals surface area contributed by atoms with E-state index in [4.69, 9.17) is 8.83 Å². The predicted molar refractivity (Wildman–Crippen MR) is 224 cm³/mol. The van der Waals surface area contributed by atoms with Crippen molar-refractivity contribution in [3.8, 4) is 44.5 Å². The van der Waals surface area contributed by atoms with Crippen molar-refractivity contribution in [1.82, 2.24) is 0 Å². The SMILES string of the molecule is Cc1cocc1-c1c2ccccc2c(-c2cccc3c2[se]c2cccc(-c4c5ccccc5c(-c5cocc5C)c5ccccc45)c23)c2ccccc12. The molecule has 0 unspecified atom stereocenters. The molecule has 3 heteroatoms. The van der Waals surface area contributed by atoms with Crippen LogP contribution in [0.4, 0.5) is 0 Å². The fraction of sp³-hybridized carbons (Fsp3) is 0.0400. The molecule has 2 nitrogen and oxygen atoms in total. The van der Waals surface area contributed by atoms with Crippen LogP contribution >= 0.6 is 0 Å². The Balaban J connectivity index is 1.25. The fourth-order valence-electron chi connectivity index (χ4n) is 8.90. The number of rotatable bonds is 4. The quantitative estimate of drug-likeness (QED) is 0.133. The molecule has 53 heavy (non-hydrogen) atoms. The first-order valence-corrected chi connectivity index (χ1v) is 19.8. The van der Waals surface area contributed by atoms with Gasteiger partial charge in [0, 0.05) is 0 Å². The molecular formula is C50H32O2Se. The van der Waals surface area contributed by atoms with Crippen LogP contribution in [-0.2, 0) is 0 Å². The van der Waals surface area contributed by atoms with Gasteiger partial charge in [0.1, 0.15) is 0 Å². The van der Waals surface area contributed by atoms with E-state index in [-0.39, 0.29) is 14.5 Å². The summed E-state index contributed by atoms with van der Waals surface area (Å²) >= 11 is 0.110. The van der Waals surface area contributed by atoms with Crippen molar-refractivity contribution in [2.75, 3.05) is 0 Å². The first-order valence-electron chi connectivity index (χ1n) is 18.1. The molecule has 3 aromatic heterocycles. The van der Waals surface area contributed by atoms with Crippen molar-refractivity contribution < 1.29 is 8.83 Å². The number of benzene rings is 8. The Morgan fingerprint density at radius 2 is 0.698 bits per heavy atom. The zero-order valence-corrected chi connectivity index (χ0v) is 30.9. The summed E-state index contributed by atoms with van der Waals surface area (Å²) in [6.45, 7) is 4.27. The molecule has 0 amide bonds. The molecule has 250 valence electrons. The Labute approximate surface area is 312 Å². The molecule has 0 saturated heterocycles. The van der Waals surface area contributed by atoms with Gasteiger partial charge in [-0.1, -0.05) is 0 Å². The third-order valence-corrected chi connectivity index (χ3v) is 13.7. The van der Waals surface area contributed by atoms with Crippen molar-refractivity contribution in [1.29, 1.82) is 0 Å². The zero-order chi connectivity index (χ0) is 35.2. The van der Waals surface area contributed by atoms with Crippen molar-refractivity contribution in [2.45, 2.75) is 13.8 Å². The van der Waals surface area contributed by atoms with E-state index in [0.717, 1.165) is 22.3 Å². The average molecular weight is 744 g/mol. The minimum absolute atomic E-state index is 0.110. The standard InChI is InChI=1S/C50H32O2Se/c1-29-25-51-27-42(29)47-35-17-7-3-13-31(35)45(32-14-4-8-18-36(32)47)39-21-12-24-44-49(39)41-23-11-22-40(50(41)53-44)46-33-15-5-9-19-37(33)48(43-28-52-26-30(43)2)38-20-10-6-16-34(38)46/h3-28H,1-2H3. The third-order valence-electron chi connectivity index (χ3n) is 11.2. The van der Waals surface area contributed by atoms with Gasteiger partial charge in [-0.3, -0.25) is 0 Å². The number of furan rings is 2. The van der Waals surface area contributed by atoms with E-state index in [1.54, 1.807) is 0 Å².